The number of rotatable bonds is 5. The molecule has 0 heterocycles. The minimum atomic E-state index is -0.755. The van der Waals surface area contributed by atoms with Gasteiger partial charge < -0.3 is 15.7 Å². The van der Waals surface area contributed by atoms with Gasteiger partial charge in [0.2, 0.25) is 0 Å². The van der Waals surface area contributed by atoms with Crippen LogP contribution in [0.25, 0.3) is 0 Å². The Balaban J connectivity index is 3.04. The van der Waals surface area contributed by atoms with Gasteiger partial charge in [-0.25, -0.2) is 0 Å². The van der Waals surface area contributed by atoms with E-state index in [1.165, 1.54) is 0 Å². The molecular weight excluding hydrogens is 294 g/mol. The smallest absolute Gasteiger partial charge is 0.122 e. The monoisotopic (exact) mass is 313 g/mol. The minimum absolute atomic E-state index is 0.0489. The minimum Gasteiger partial charge on any atom is -0.389 e. The number of nitrogens with zero attached hydrogens (tertiary/aromatic N) is 1. The summed E-state index contributed by atoms with van der Waals surface area (Å²) in [6.45, 7) is 6.95. The van der Waals surface area contributed by atoms with Crippen molar-refractivity contribution in [1.82, 2.24) is 0 Å². The highest BCUT2D eigenvalue weighted by Gasteiger charge is 2.19. The number of halogens is 1. The van der Waals surface area contributed by atoms with Gasteiger partial charge in [-0.05, 0) is 54.9 Å². The topological polar surface area (TPSA) is 73.3 Å². The van der Waals surface area contributed by atoms with Gasteiger partial charge in [0, 0.05) is 23.1 Å². The van der Waals surface area contributed by atoms with Gasteiger partial charge >= 0.3 is 0 Å². The lowest BCUT2D eigenvalue weighted by atomic mass is 10.1. The van der Waals surface area contributed by atoms with Crippen LogP contribution in [0, 0.1) is 5.41 Å². The van der Waals surface area contributed by atoms with Crippen LogP contribution in [0.5, 0.6) is 0 Å². The maximum atomic E-state index is 9.90. The Hall–Kier alpha value is -1.07. The molecule has 0 saturated carbocycles. The van der Waals surface area contributed by atoms with Crippen molar-refractivity contribution in [2.24, 2.45) is 5.73 Å². The molecule has 0 aromatic heterocycles. The van der Waals surface area contributed by atoms with Crippen LogP contribution in [-0.2, 0) is 0 Å². The molecule has 0 fully saturated rings. The second kappa shape index (κ2) is 5.71. The molecule has 0 aliphatic heterocycles. The van der Waals surface area contributed by atoms with E-state index >= 15 is 0 Å². The normalized spacial score (nSPS) is 11.4. The Labute approximate surface area is 116 Å². The van der Waals surface area contributed by atoms with E-state index in [9.17, 15) is 5.11 Å². The molecule has 5 heteroatoms. The number of nitrogens with one attached hydrogen (secondary N) is 1. The molecule has 0 aliphatic rings. The van der Waals surface area contributed by atoms with E-state index in [4.69, 9.17) is 11.1 Å². The fourth-order valence-electron chi connectivity index (χ4n) is 1.77. The van der Waals surface area contributed by atoms with E-state index in [2.05, 4.69) is 20.8 Å². The van der Waals surface area contributed by atoms with Gasteiger partial charge in [0.05, 0.1) is 11.3 Å². The molecular formula is C13H20BrN3O. The second-order valence-corrected chi connectivity index (χ2v) is 5.76. The summed E-state index contributed by atoms with van der Waals surface area (Å²) in [5.74, 6) is 0.0489. The molecule has 0 aliphatic carbocycles. The van der Waals surface area contributed by atoms with Crippen LogP contribution >= 0.6 is 15.9 Å². The third kappa shape index (κ3) is 3.99. The predicted octanol–water partition coefficient (Wildman–Crippen LogP) is 2.33. The Bertz CT molecular complexity index is 440. The van der Waals surface area contributed by atoms with Gasteiger partial charge in [-0.2, -0.15) is 0 Å². The molecule has 4 nitrogen and oxygen atoms in total. The van der Waals surface area contributed by atoms with Crippen LogP contribution in [0.4, 0.5) is 5.69 Å². The van der Waals surface area contributed by atoms with Gasteiger partial charge in [-0.3, -0.25) is 5.41 Å². The summed E-state index contributed by atoms with van der Waals surface area (Å²) in [6, 6.07) is 5.55. The van der Waals surface area contributed by atoms with Crippen molar-refractivity contribution in [1.29, 1.82) is 5.41 Å². The Kier molecular flexibility index (Phi) is 4.76. The Morgan fingerprint density at radius 2 is 2.11 bits per heavy atom. The fourth-order valence-corrected chi connectivity index (χ4v) is 2.39. The van der Waals surface area contributed by atoms with Crippen LogP contribution < -0.4 is 10.6 Å². The SMILES string of the molecule is CCN(CC(C)(C)O)c1ccc(C(=N)N)cc1Br. The molecule has 0 unspecified atom stereocenters. The van der Waals surface area contributed by atoms with Crippen LogP contribution in [0.3, 0.4) is 0 Å². The molecule has 1 rings (SSSR count). The van der Waals surface area contributed by atoms with Crippen molar-refractivity contribution < 1.29 is 5.11 Å². The molecule has 0 saturated heterocycles. The third-order valence-electron chi connectivity index (χ3n) is 2.56. The highest BCUT2D eigenvalue weighted by atomic mass is 79.9. The van der Waals surface area contributed by atoms with Crippen LogP contribution in [0.2, 0.25) is 0 Å². The number of hydrogen-bond acceptors (Lipinski definition) is 3. The van der Waals surface area contributed by atoms with E-state index in [0.29, 0.717) is 12.1 Å². The largest absolute Gasteiger partial charge is 0.389 e. The average Bonchev–Trinajstić information content (AvgIpc) is 2.24. The first-order chi connectivity index (χ1) is 8.24. The molecule has 18 heavy (non-hydrogen) atoms. The molecule has 100 valence electrons. The summed E-state index contributed by atoms with van der Waals surface area (Å²) < 4.78 is 0.876. The highest BCUT2D eigenvalue weighted by Crippen LogP contribution is 2.28. The van der Waals surface area contributed by atoms with Gasteiger partial charge in [0.15, 0.2) is 0 Å². The standard InChI is InChI=1S/C13H20BrN3O/c1-4-17(8-13(2,3)18)11-6-5-9(12(15)16)7-10(11)14/h5-7,18H,4,8H2,1-3H3,(H3,15,16). The predicted molar refractivity (Wildman–Crippen MR) is 79.3 cm³/mol. The zero-order chi connectivity index (χ0) is 13.9. The first-order valence-electron chi connectivity index (χ1n) is 5.86. The van der Waals surface area contributed by atoms with Gasteiger partial charge in [-0.15, -0.1) is 0 Å². The van der Waals surface area contributed by atoms with Gasteiger partial charge in [-0.1, -0.05) is 0 Å². The molecule has 4 N–H and O–H groups in total. The third-order valence-corrected chi connectivity index (χ3v) is 3.19. The van der Waals surface area contributed by atoms with E-state index in [-0.39, 0.29) is 5.84 Å². The van der Waals surface area contributed by atoms with Crippen molar-refractivity contribution in [2.75, 3.05) is 18.0 Å². The maximum absolute atomic E-state index is 9.90. The van der Waals surface area contributed by atoms with Crippen LogP contribution in [-0.4, -0.2) is 29.6 Å². The highest BCUT2D eigenvalue weighted by molar-refractivity contribution is 9.10. The number of hydrogen-bond donors (Lipinski definition) is 3. The summed E-state index contributed by atoms with van der Waals surface area (Å²) in [7, 11) is 0. The van der Waals surface area contributed by atoms with Crippen LogP contribution in [0.15, 0.2) is 22.7 Å². The van der Waals surface area contributed by atoms with Crippen molar-refractivity contribution in [2.45, 2.75) is 26.4 Å². The number of nitrogen functional groups attached to an aromatic ring is 1. The number of aliphatic hydroxyl groups is 1. The molecule has 1 aromatic rings. The van der Waals surface area contributed by atoms with Gasteiger partial charge in [0.25, 0.3) is 0 Å². The summed E-state index contributed by atoms with van der Waals surface area (Å²) >= 11 is 3.49. The quantitative estimate of drug-likeness (QED) is 0.577. The van der Waals surface area contributed by atoms with Crippen molar-refractivity contribution in [3.05, 3.63) is 28.2 Å². The second-order valence-electron chi connectivity index (χ2n) is 4.91. The molecule has 0 atom stereocenters. The zero-order valence-corrected chi connectivity index (χ0v) is 12.6. The lowest BCUT2D eigenvalue weighted by Crippen LogP contribution is -2.38. The van der Waals surface area contributed by atoms with E-state index < -0.39 is 5.60 Å². The lowest BCUT2D eigenvalue weighted by molar-refractivity contribution is 0.0875. The number of benzene rings is 1. The first-order valence-corrected chi connectivity index (χ1v) is 6.65. The molecule has 1 aromatic carbocycles. The van der Waals surface area contributed by atoms with Crippen molar-refractivity contribution >= 4 is 27.5 Å². The summed E-state index contributed by atoms with van der Waals surface area (Å²) in [5.41, 5.74) is 6.37. The van der Waals surface area contributed by atoms with Crippen molar-refractivity contribution in [3.8, 4) is 0 Å². The van der Waals surface area contributed by atoms with E-state index in [1.807, 2.05) is 25.1 Å². The fraction of sp³-hybridized carbons (Fsp3) is 0.462. The zero-order valence-electron chi connectivity index (χ0n) is 11.0. The number of nitrogens with two attached hydrogens (primary N) is 1. The summed E-state index contributed by atoms with van der Waals surface area (Å²) in [4.78, 5) is 2.08. The van der Waals surface area contributed by atoms with E-state index in [1.54, 1.807) is 13.8 Å². The number of anilines is 1. The average molecular weight is 314 g/mol. The maximum Gasteiger partial charge on any atom is 0.122 e. The first kappa shape index (κ1) is 15.0. The summed E-state index contributed by atoms with van der Waals surface area (Å²) in [6.07, 6.45) is 0. The Morgan fingerprint density at radius 1 is 1.50 bits per heavy atom. The molecule has 0 amide bonds. The molecule has 0 bridgehead atoms. The summed E-state index contributed by atoms with van der Waals surface area (Å²) in [5, 5.41) is 17.3. The van der Waals surface area contributed by atoms with Gasteiger partial charge in [0.1, 0.15) is 5.84 Å². The molecule has 0 radical (unpaired) electrons. The number of likely N-dealkylation sites (N-methyl/N-ethyl adjacent to an activating group) is 1. The van der Waals surface area contributed by atoms with E-state index in [0.717, 1.165) is 16.7 Å². The lowest BCUT2D eigenvalue weighted by Gasteiger charge is -2.30. The Morgan fingerprint density at radius 3 is 2.50 bits per heavy atom. The number of amidine groups is 1. The molecule has 0 spiro atoms. The van der Waals surface area contributed by atoms with Crippen molar-refractivity contribution in [3.63, 3.8) is 0 Å². The van der Waals surface area contributed by atoms with Crippen LogP contribution in [0.1, 0.15) is 26.3 Å².